The van der Waals surface area contributed by atoms with E-state index in [4.69, 9.17) is 11.6 Å². The molecule has 7 heteroatoms. The lowest BCUT2D eigenvalue weighted by atomic mass is 9.65. The Morgan fingerprint density at radius 2 is 1.90 bits per heavy atom. The van der Waals surface area contributed by atoms with Crippen LogP contribution in [0.25, 0.3) is 11.1 Å². The average molecular weight is 407 g/mol. The molecule has 1 aromatic heterocycles. The molecule has 2 N–H and O–H groups in total. The SMILES string of the molecule is CNc1cccc(-c2cccc(NC(=O)c3nc4c(n3C)CCBC4)c2C)c1Cl. The number of hydrogen-bond acceptors (Lipinski definition) is 3. The topological polar surface area (TPSA) is 58.9 Å². The molecule has 1 aliphatic rings. The first-order valence-electron chi connectivity index (χ1n) is 9.93. The average Bonchev–Trinajstić information content (AvgIpc) is 3.07. The Morgan fingerprint density at radius 1 is 1.17 bits per heavy atom. The Morgan fingerprint density at radius 3 is 2.62 bits per heavy atom. The van der Waals surface area contributed by atoms with Gasteiger partial charge in [-0.25, -0.2) is 4.98 Å². The summed E-state index contributed by atoms with van der Waals surface area (Å²) in [6.45, 7) is 2.00. The van der Waals surface area contributed by atoms with Gasteiger partial charge in [0.05, 0.1) is 16.4 Å². The lowest BCUT2D eigenvalue weighted by Crippen LogP contribution is -2.18. The minimum atomic E-state index is -0.183. The molecule has 0 saturated carbocycles. The van der Waals surface area contributed by atoms with Gasteiger partial charge in [0.15, 0.2) is 5.82 Å². The summed E-state index contributed by atoms with van der Waals surface area (Å²) in [5, 5.41) is 6.83. The number of nitrogens with one attached hydrogen (secondary N) is 2. The molecule has 0 saturated heterocycles. The number of amides is 1. The Balaban J connectivity index is 1.67. The van der Waals surface area contributed by atoms with Crippen LogP contribution in [0.2, 0.25) is 11.3 Å². The van der Waals surface area contributed by atoms with Crippen molar-refractivity contribution >= 4 is 36.2 Å². The van der Waals surface area contributed by atoms with Gasteiger partial charge >= 0.3 is 0 Å². The molecule has 0 unspecified atom stereocenters. The molecule has 5 nitrogen and oxygen atoms in total. The number of benzene rings is 2. The fraction of sp³-hybridized carbons (Fsp3) is 0.273. The summed E-state index contributed by atoms with van der Waals surface area (Å²) < 4.78 is 1.94. The molecule has 3 aromatic rings. The highest BCUT2D eigenvalue weighted by molar-refractivity contribution is 6.36. The van der Waals surface area contributed by atoms with Crippen LogP contribution in [0.3, 0.4) is 0 Å². The second kappa shape index (κ2) is 7.95. The van der Waals surface area contributed by atoms with Crippen LogP contribution >= 0.6 is 11.6 Å². The largest absolute Gasteiger partial charge is 0.387 e. The van der Waals surface area contributed by atoms with Crippen LogP contribution < -0.4 is 10.6 Å². The molecular weight excluding hydrogens is 383 g/mol. The predicted molar refractivity (Wildman–Crippen MR) is 122 cm³/mol. The van der Waals surface area contributed by atoms with E-state index in [0.29, 0.717) is 10.8 Å². The van der Waals surface area contributed by atoms with Gasteiger partial charge in [0.1, 0.15) is 7.28 Å². The van der Waals surface area contributed by atoms with Crippen molar-refractivity contribution in [2.45, 2.75) is 26.0 Å². The van der Waals surface area contributed by atoms with Gasteiger partial charge in [-0.1, -0.05) is 42.2 Å². The van der Waals surface area contributed by atoms with E-state index in [1.54, 1.807) is 0 Å². The van der Waals surface area contributed by atoms with Crippen LogP contribution in [-0.2, 0) is 19.8 Å². The minimum absolute atomic E-state index is 0.183. The number of hydrogen-bond donors (Lipinski definition) is 2. The highest BCUT2D eigenvalue weighted by atomic mass is 35.5. The highest BCUT2D eigenvalue weighted by Gasteiger charge is 2.23. The quantitative estimate of drug-likeness (QED) is 0.637. The Kier molecular flexibility index (Phi) is 5.37. The van der Waals surface area contributed by atoms with Gasteiger partial charge in [0, 0.05) is 31.0 Å². The van der Waals surface area contributed by atoms with Gasteiger partial charge in [-0.2, -0.15) is 0 Å². The zero-order valence-electron chi connectivity index (χ0n) is 17.0. The summed E-state index contributed by atoms with van der Waals surface area (Å²) in [5.74, 6) is 0.286. The van der Waals surface area contributed by atoms with E-state index in [1.165, 1.54) is 5.69 Å². The molecule has 4 rings (SSSR count). The van der Waals surface area contributed by atoms with Gasteiger partial charge in [0.25, 0.3) is 5.91 Å². The summed E-state index contributed by atoms with van der Waals surface area (Å²) in [6.07, 6.45) is 3.09. The number of imidazole rings is 1. The lowest BCUT2D eigenvalue weighted by molar-refractivity contribution is 0.101. The van der Waals surface area contributed by atoms with Crippen molar-refractivity contribution in [2.75, 3.05) is 17.7 Å². The number of aromatic nitrogens is 2. The maximum absolute atomic E-state index is 13.0. The normalized spacial score (nSPS) is 12.8. The molecule has 2 aromatic carbocycles. The van der Waals surface area contributed by atoms with Crippen LogP contribution in [-0.4, -0.2) is 29.8 Å². The maximum Gasteiger partial charge on any atom is 0.291 e. The molecule has 1 amide bonds. The first-order valence-corrected chi connectivity index (χ1v) is 10.3. The molecule has 148 valence electrons. The van der Waals surface area contributed by atoms with Gasteiger partial charge in [-0.3, -0.25) is 4.79 Å². The predicted octanol–water partition coefficient (Wildman–Crippen LogP) is 4.25. The zero-order chi connectivity index (χ0) is 20.5. The Hall–Kier alpha value is -2.73. The Bertz CT molecular complexity index is 1090. The third-order valence-corrected chi connectivity index (χ3v) is 6.12. The molecule has 29 heavy (non-hydrogen) atoms. The summed E-state index contributed by atoms with van der Waals surface area (Å²) >= 11 is 6.59. The second-order valence-electron chi connectivity index (χ2n) is 7.44. The van der Waals surface area contributed by atoms with Gasteiger partial charge < -0.3 is 15.2 Å². The number of halogens is 1. The minimum Gasteiger partial charge on any atom is -0.387 e. The number of nitrogens with zero attached hydrogens (tertiary/aromatic N) is 2. The van der Waals surface area contributed by atoms with E-state index in [2.05, 4.69) is 15.6 Å². The summed E-state index contributed by atoms with van der Waals surface area (Å²) in [5.41, 5.74) is 6.77. The van der Waals surface area contributed by atoms with Crippen LogP contribution in [0.1, 0.15) is 27.6 Å². The number of carbonyl (C=O) groups excluding carboxylic acids is 1. The van der Waals surface area contributed by atoms with Gasteiger partial charge in [0.2, 0.25) is 0 Å². The fourth-order valence-electron chi connectivity index (χ4n) is 4.06. The zero-order valence-corrected chi connectivity index (χ0v) is 17.7. The van der Waals surface area contributed by atoms with Gasteiger partial charge in [-0.05, 0) is 42.9 Å². The van der Waals surface area contributed by atoms with Crippen molar-refractivity contribution < 1.29 is 4.79 Å². The Labute approximate surface area is 176 Å². The molecule has 0 fully saturated rings. The number of carbonyl (C=O) groups is 1. The van der Waals surface area contributed by atoms with Crippen molar-refractivity contribution in [1.29, 1.82) is 0 Å². The molecule has 0 bridgehead atoms. The highest BCUT2D eigenvalue weighted by Crippen LogP contribution is 2.37. The van der Waals surface area contributed by atoms with E-state index in [0.717, 1.165) is 60.1 Å². The number of rotatable bonds is 4. The van der Waals surface area contributed by atoms with E-state index in [-0.39, 0.29) is 5.91 Å². The molecule has 0 aliphatic carbocycles. The molecule has 0 spiro atoms. The van der Waals surface area contributed by atoms with Crippen LogP contribution in [0.5, 0.6) is 0 Å². The van der Waals surface area contributed by atoms with Crippen molar-refractivity contribution in [2.24, 2.45) is 7.05 Å². The molecular formula is C22H24BClN4O. The van der Waals surface area contributed by atoms with Crippen molar-refractivity contribution in [1.82, 2.24) is 9.55 Å². The monoisotopic (exact) mass is 406 g/mol. The number of anilines is 2. The van der Waals surface area contributed by atoms with Crippen molar-refractivity contribution in [3.8, 4) is 11.1 Å². The summed E-state index contributed by atoms with van der Waals surface area (Å²) in [6, 6.07) is 11.8. The van der Waals surface area contributed by atoms with Crippen LogP contribution in [0, 0.1) is 6.92 Å². The molecule has 0 atom stereocenters. The van der Waals surface area contributed by atoms with Crippen LogP contribution in [0.4, 0.5) is 11.4 Å². The second-order valence-corrected chi connectivity index (χ2v) is 7.82. The third-order valence-electron chi connectivity index (χ3n) is 5.72. The van der Waals surface area contributed by atoms with Crippen molar-refractivity contribution in [3.05, 3.63) is 64.2 Å². The lowest BCUT2D eigenvalue weighted by Gasteiger charge is -2.15. The molecule has 1 aliphatic heterocycles. The third kappa shape index (κ3) is 3.53. The van der Waals surface area contributed by atoms with E-state index >= 15 is 0 Å². The van der Waals surface area contributed by atoms with Crippen LogP contribution in [0.15, 0.2) is 36.4 Å². The first kappa shape index (κ1) is 19.6. The van der Waals surface area contributed by atoms with E-state index in [9.17, 15) is 4.79 Å². The molecule has 2 heterocycles. The fourth-order valence-corrected chi connectivity index (χ4v) is 4.39. The smallest absolute Gasteiger partial charge is 0.291 e. The van der Waals surface area contributed by atoms with E-state index < -0.39 is 0 Å². The summed E-state index contributed by atoms with van der Waals surface area (Å²) in [7, 11) is 4.91. The number of fused-ring (bicyclic) bond motifs is 1. The maximum atomic E-state index is 13.0. The summed E-state index contributed by atoms with van der Waals surface area (Å²) in [4.78, 5) is 17.6. The first-order chi connectivity index (χ1) is 14.0. The molecule has 0 radical (unpaired) electrons. The van der Waals surface area contributed by atoms with E-state index in [1.807, 2.05) is 62.0 Å². The van der Waals surface area contributed by atoms with Gasteiger partial charge in [-0.15, -0.1) is 0 Å². The van der Waals surface area contributed by atoms with Crippen molar-refractivity contribution in [3.63, 3.8) is 0 Å². The standard InChI is InChI=1S/C22H24BClN4O/c1-13-14(15-7-5-9-17(25-2)20(15)24)6-4-8-16(13)27-22(29)21-26-18-12-23-11-10-19(18)28(21)3/h4-9,23,25H,10-12H2,1-3H3,(H,27,29).